The summed E-state index contributed by atoms with van der Waals surface area (Å²) >= 11 is 0. The van der Waals surface area contributed by atoms with Gasteiger partial charge in [0.2, 0.25) is 0 Å². The molecule has 0 bridgehead atoms. The lowest BCUT2D eigenvalue weighted by molar-refractivity contribution is 0.0577. The van der Waals surface area contributed by atoms with Crippen molar-refractivity contribution in [3.63, 3.8) is 0 Å². The molecule has 0 spiro atoms. The third-order valence-electron chi connectivity index (χ3n) is 4.94. The molecule has 1 amide bonds. The molecule has 31 heavy (non-hydrogen) atoms. The van der Waals surface area contributed by atoms with Crippen molar-refractivity contribution >= 4 is 11.8 Å². The number of hydrogen-bond acceptors (Lipinski definition) is 4. The van der Waals surface area contributed by atoms with Crippen LogP contribution in [0.4, 0.5) is 10.5 Å². The van der Waals surface area contributed by atoms with Gasteiger partial charge in [0.15, 0.2) is 0 Å². The molecule has 0 unspecified atom stereocenters. The summed E-state index contributed by atoms with van der Waals surface area (Å²) in [6.45, 7) is 9.78. The number of methoxy groups -OCH3 is 1. The highest BCUT2D eigenvalue weighted by Crippen LogP contribution is 2.29. The Kier molecular flexibility index (Phi) is 6.64. The first-order valence-corrected chi connectivity index (χ1v) is 10.3. The van der Waals surface area contributed by atoms with Crippen molar-refractivity contribution in [1.82, 2.24) is 4.98 Å². The molecule has 0 saturated heterocycles. The molecule has 0 radical (unpaired) electrons. The van der Waals surface area contributed by atoms with Crippen LogP contribution in [-0.4, -0.2) is 23.8 Å². The van der Waals surface area contributed by atoms with E-state index in [9.17, 15) is 4.79 Å². The summed E-state index contributed by atoms with van der Waals surface area (Å²) in [5.41, 5.74) is 4.88. The van der Waals surface area contributed by atoms with Crippen molar-refractivity contribution in [2.45, 2.75) is 46.8 Å². The number of aromatic nitrogens is 1. The van der Waals surface area contributed by atoms with Gasteiger partial charge in [0.1, 0.15) is 11.4 Å². The second kappa shape index (κ2) is 9.21. The van der Waals surface area contributed by atoms with Crippen LogP contribution >= 0.6 is 0 Å². The van der Waals surface area contributed by atoms with Crippen molar-refractivity contribution < 1.29 is 14.3 Å². The van der Waals surface area contributed by atoms with E-state index in [1.807, 2.05) is 89.2 Å². The lowest BCUT2D eigenvalue weighted by Gasteiger charge is -2.28. The summed E-state index contributed by atoms with van der Waals surface area (Å²) in [6.07, 6.45) is 1.35. The van der Waals surface area contributed by atoms with Crippen LogP contribution in [0.5, 0.6) is 5.75 Å². The van der Waals surface area contributed by atoms with Gasteiger partial charge >= 0.3 is 6.09 Å². The number of nitrogens with zero attached hydrogens (tertiary/aromatic N) is 2. The van der Waals surface area contributed by atoms with E-state index < -0.39 is 11.7 Å². The van der Waals surface area contributed by atoms with Gasteiger partial charge in [-0.25, -0.2) is 4.79 Å². The standard InChI is InChI=1S/C26H30N2O3/c1-18-16-27-23(19(2)24(18)30-6)17-28(25(29)31-26(3,4)5)22-14-10-13-21(15-22)20-11-8-7-9-12-20/h7-16H,17H2,1-6H3. The fraction of sp³-hybridized carbons (Fsp3) is 0.308. The molecule has 1 heterocycles. The predicted molar refractivity (Wildman–Crippen MR) is 125 cm³/mol. The number of amides is 1. The molecule has 0 saturated carbocycles. The maximum Gasteiger partial charge on any atom is 0.415 e. The molecular formula is C26H30N2O3. The van der Waals surface area contributed by atoms with Gasteiger partial charge in [0, 0.05) is 23.0 Å². The Morgan fingerprint density at radius 2 is 1.68 bits per heavy atom. The summed E-state index contributed by atoms with van der Waals surface area (Å²) in [5.74, 6) is 0.784. The highest BCUT2D eigenvalue weighted by atomic mass is 16.6. The molecule has 0 aliphatic rings. The molecule has 0 fully saturated rings. The van der Waals surface area contributed by atoms with Crippen molar-refractivity contribution in [2.75, 3.05) is 12.0 Å². The molecule has 2 aromatic carbocycles. The van der Waals surface area contributed by atoms with Gasteiger partial charge in [-0.3, -0.25) is 9.88 Å². The van der Waals surface area contributed by atoms with Crippen LogP contribution in [-0.2, 0) is 11.3 Å². The van der Waals surface area contributed by atoms with Crippen molar-refractivity contribution in [3.05, 3.63) is 77.6 Å². The first kappa shape index (κ1) is 22.3. The quantitative estimate of drug-likeness (QED) is 0.487. The first-order chi connectivity index (χ1) is 14.7. The van der Waals surface area contributed by atoms with Gasteiger partial charge in [0.25, 0.3) is 0 Å². The van der Waals surface area contributed by atoms with E-state index >= 15 is 0 Å². The second-order valence-corrected chi connectivity index (χ2v) is 8.53. The molecule has 3 aromatic rings. The van der Waals surface area contributed by atoms with E-state index in [0.29, 0.717) is 0 Å². The fourth-order valence-corrected chi connectivity index (χ4v) is 3.44. The number of anilines is 1. The third kappa shape index (κ3) is 5.43. The maximum atomic E-state index is 13.2. The minimum absolute atomic E-state index is 0.273. The van der Waals surface area contributed by atoms with E-state index in [1.54, 1.807) is 18.2 Å². The molecule has 0 N–H and O–H groups in total. The number of aryl methyl sites for hydroxylation is 1. The highest BCUT2D eigenvalue weighted by molar-refractivity contribution is 5.89. The van der Waals surface area contributed by atoms with E-state index in [4.69, 9.17) is 9.47 Å². The largest absolute Gasteiger partial charge is 0.496 e. The van der Waals surface area contributed by atoms with E-state index in [0.717, 1.165) is 39.4 Å². The number of rotatable bonds is 5. The Bertz CT molecular complexity index is 1060. The minimum Gasteiger partial charge on any atom is -0.496 e. The number of carbonyl (C=O) groups is 1. The van der Waals surface area contributed by atoms with Gasteiger partial charge in [-0.2, -0.15) is 0 Å². The number of hydrogen-bond donors (Lipinski definition) is 0. The Hall–Kier alpha value is -3.34. The third-order valence-corrected chi connectivity index (χ3v) is 4.94. The molecule has 5 heteroatoms. The zero-order valence-corrected chi connectivity index (χ0v) is 19.1. The van der Waals surface area contributed by atoms with Crippen LogP contribution in [0.3, 0.4) is 0 Å². The average Bonchev–Trinajstić information content (AvgIpc) is 2.73. The lowest BCUT2D eigenvalue weighted by Crippen LogP contribution is -2.37. The predicted octanol–water partition coefficient (Wildman–Crippen LogP) is 6.32. The molecule has 0 aliphatic heterocycles. The molecular weight excluding hydrogens is 388 g/mol. The van der Waals surface area contributed by atoms with Gasteiger partial charge in [-0.1, -0.05) is 42.5 Å². The topological polar surface area (TPSA) is 51.7 Å². The van der Waals surface area contributed by atoms with Crippen LogP contribution in [0, 0.1) is 13.8 Å². The smallest absolute Gasteiger partial charge is 0.415 e. The Morgan fingerprint density at radius 3 is 2.32 bits per heavy atom. The SMILES string of the molecule is COc1c(C)cnc(CN(C(=O)OC(C)(C)C)c2cccc(-c3ccccc3)c2)c1C. The van der Waals surface area contributed by atoms with Crippen molar-refractivity contribution in [3.8, 4) is 16.9 Å². The molecule has 1 aromatic heterocycles. The number of carbonyl (C=O) groups excluding carboxylic acids is 1. The van der Waals surface area contributed by atoms with Crippen molar-refractivity contribution in [2.24, 2.45) is 0 Å². The van der Waals surface area contributed by atoms with Crippen LogP contribution in [0.15, 0.2) is 60.8 Å². The molecule has 5 nitrogen and oxygen atoms in total. The van der Waals surface area contributed by atoms with Gasteiger partial charge in [-0.15, -0.1) is 0 Å². The van der Waals surface area contributed by atoms with E-state index in [-0.39, 0.29) is 6.54 Å². The summed E-state index contributed by atoms with van der Waals surface area (Å²) in [5, 5.41) is 0. The Balaban J connectivity index is 2.03. The summed E-state index contributed by atoms with van der Waals surface area (Å²) in [6, 6.07) is 18.0. The first-order valence-electron chi connectivity index (χ1n) is 10.3. The van der Waals surface area contributed by atoms with Gasteiger partial charge in [0.05, 0.1) is 19.3 Å². The molecule has 162 valence electrons. The summed E-state index contributed by atoms with van der Waals surface area (Å²) in [7, 11) is 1.65. The van der Waals surface area contributed by atoms with Crippen molar-refractivity contribution in [1.29, 1.82) is 0 Å². The summed E-state index contributed by atoms with van der Waals surface area (Å²) in [4.78, 5) is 19.4. The van der Waals surface area contributed by atoms with Crippen LogP contribution in [0.2, 0.25) is 0 Å². The van der Waals surface area contributed by atoms with Gasteiger partial charge in [-0.05, 0) is 57.9 Å². The van der Waals surface area contributed by atoms with E-state index in [1.165, 1.54) is 0 Å². The second-order valence-electron chi connectivity index (χ2n) is 8.53. The lowest BCUT2D eigenvalue weighted by atomic mass is 10.0. The fourth-order valence-electron chi connectivity index (χ4n) is 3.44. The van der Waals surface area contributed by atoms with E-state index in [2.05, 4.69) is 4.98 Å². The zero-order valence-electron chi connectivity index (χ0n) is 19.1. The van der Waals surface area contributed by atoms with Crippen LogP contribution in [0.25, 0.3) is 11.1 Å². The molecule has 0 atom stereocenters. The minimum atomic E-state index is -0.611. The van der Waals surface area contributed by atoms with Crippen LogP contribution < -0.4 is 9.64 Å². The normalized spacial score (nSPS) is 11.2. The van der Waals surface area contributed by atoms with Crippen LogP contribution in [0.1, 0.15) is 37.6 Å². The monoisotopic (exact) mass is 418 g/mol. The zero-order chi connectivity index (χ0) is 22.6. The number of pyridine rings is 1. The Morgan fingerprint density at radius 1 is 1.00 bits per heavy atom. The maximum absolute atomic E-state index is 13.2. The Labute approximate surface area is 184 Å². The number of benzene rings is 2. The summed E-state index contributed by atoms with van der Waals surface area (Å²) < 4.78 is 11.3. The number of ether oxygens (including phenoxy) is 2. The van der Waals surface area contributed by atoms with Gasteiger partial charge < -0.3 is 9.47 Å². The molecule has 3 rings (SSSR count). The average molecular weight is 419 g/mol. The molecule has 0 aliphatic carbocycles. The highest BCUT2D eigenvalue weighted by Gasteiger charge is 2.25.